The van der Waals surface area contributed by atoms with Gasteiger partial charge in [-0.25, -0.2) is 4.79 Å². The van der Waals surface area contributed by atoms with Crippen LogP contribution in [0, 0.1) is 11.3 Å². The second kappa shape index (κ2) is 8.71. The Kier molecular flexibility index (Phi) is 7.54. The van der Waals surface area contributed by atoms with Crippen LogP contribution < -0.4 is 11.1 Å². The molecule has 8 heteroatoms. The maximum Gasteiger partial charge on any atom is 0.329 e. The second-order valence-electron chi connectivity index (χ2n) is 7.25. The Labute approximate surface area is 147 Å². The fraction of sp³-hybridized carbons (Fsp3) is 0.812. The molecule has 24 heavy (non-hydrogen) atoms. The molecule has 1 aliphatic rings. The lowest BCUT2D eigenvalue weighted by Crippen LogP contribution is -2.50. The van der Waals surface area contributed by atoms with Gasteiger partial charge in [0, 0.05) is 11.0 Å². The Morgan fingerprint density at radius 3 is 2.33 bits per heavy atom. The molecule has 0 spiro atoms. The van der Waals surface area contributed by atoms with Gasteiger partial charge in [0.05, 0.1) is 19.6 Å². The van der Waals surface area contributed by atoms with Crippen LogP contribution in [0.25, 0.3) is 0 Å². The first kappa shape index (κ1) is 20.8. The Bertz CT molecular complexity index is 474. The summed E-state index contributed by atoms with van der Waals surface area (Å²) in [5, 5.41) is 11.6. The predicted octanol–water partition coefficient (Wildman–Crippen LogP) is 1.00. The van der Waals surface area contributed by atoms with Crippen molar-refractivity contribution in [1.82, 2.24) is 5.32 Å². The molecule has 0 aromatic carbocycles. The molecule has 0 aromatic rings. The van der Waals surface area contributed by atoms with Gasteiger partial charge in [0.15, 0.2) is 0 Å². The number of hydrogen-bond acceptors (Lipinski definition) is 6. The van der Waals surface area contributed by atoms with Crippen LogP contribution in [0.1, 0.15) is 40.0 Å². The summed E-state index contributed by atoms with van der Waals surface area (Å²) in [6.45, 7) is 6.49. The van der Waals surface area contributed by atoms with Crippen molar-refractivity contribution in [3.63, 3.8) is 0 Å². The highest BCUT2D eigenvalue weighted by Gasteiger charge is 2.40. The number of carboxylic acid groups (broad SMARTS) is 1. The van der Waals surface area contributed by atoms with E-state index in [4.69, 9.17) is 15.6 Å². The minimum absolute atomic E-state index is 0.0935. The van der Waals surface area contributed by atoms with Crippen molar-refractivity contribution in [2.45, 2.75) is 57.4 Å². The quantitative estimate of drug-likeness (QED) is 0.525. The molecule has 7 nitrogen and oxygen atoms in total. The van der Waals surface area contributed by atoms with E-state index in [0.29, 0.717) is 16.9 Å². The summed E-state index contributed by atoms with van der Waals surface area (Å²) in [5.41, 5.74) is 5.63. The molecule has 1 fully saturated rings. The van der Waals surface area contributed by atoms with Gasteiger partial charge in [-0.1, -0.05) is 20.8 Å². The number of ether oxygens (including phenoxy) is 1. The smallest absolute Gasteiger partial charge is 0.329 e. The van der Waals surface area contributed by atoms with Crippen molar-refractivity contribution in [3.05, 3.63) is 0 Å². The van der Waals surface area contributed by atoms with Crippen LogP contribution in [0.5, 0.6) is 0 Å². The Balaban J connectivity index is 2.66. The maximum absolute atomic E-state index is 12.0. The molecular weight excluding hydrogens is 332 g/mol. The van der Waals surface area contributed by atoms with Crippen LogP contribution in [0.4, 0.5) is 0 Å². The van der Waals surface area contributed by atoms with Crippen molar-refractivity contribution >= 4 is 29.6 Å². The number of methoxy groups -OCH3 is 1. The van der Waals surface area contributed by atoms with Gasteiger partial charge < -0.3 is 20.9 Å². The zero-order chi connectivity index (χ0) is 18.5. The number of thioether (sulfide) groups is 1. The molecule has 0 aliphatic heterocycles. The number of carbonyl (C=O) groups is 3. The molecule has 0 saturated heterocycles. The SMILES string of the molecule is COC(=O)[C@H](CSC(C1CC1)C(C)(C)C)NC(=O)[C@@H](N)CC(=O)O. The molecule has 138 valence electrons. The van der Waals surface area contributed by atoms with Crippen molar-refractivity contribution in [2.75, 3.05) is 12.9 Å². The van der Waals surface area contributed by atoms with Crippen molar-refractivity contribution < 1.29 is 24.2 Å². The normalized spacial score (nSPS) is 18.4. The number of esters is 1. The number of aliphatic carboxylic acids is 1. The number of hydrogen-bond donors (Lipinski definition) is 3. The third kappa shape index (κ3) is 6.68. The largest absolute Gasteiger partial charge is 0.481 e. The summed E-state index contributed by atoms with van der Waals surface area (Å²) in [6.07, 6.45) is 1.89. The van der Waals surface area contributed by atoms with Gasteiger partial charge >= 0.3 is 11.9 Å². The third-order valence-electron chi connectivity index (χ3n) is 3.88. The molecule has 3 atom stereocenters. The highest BCUT2D eigenvalue weighted by Crippen LogP contribution is 2.47. The van der Waals surface area contributed by atoms with Crippen molar-refractivity contribution in [2.24, 2.45) is 17.1 Å². The summed E-state index contributed by atoms with van der Waals surface area (Å²) >= 11 is 1.65. The van der Waals surface area contributed by atoms with Gasteiger partial charge in [0.1, 0.15) is 6.04 Å². The van der Waals surface area contributed by atoms with Gasteiger partial charge in [0.25, 0.3) is 0 Å². The average molecular weight is 360 g/mol. The second-order valence-corrected chi connectivity index (χ2v) is 8.42. The van der Waals surface area contributed by atoms with E-state index in [1.807, 2.05) is 0 Å². The molecule has 0 heterocycles. The van der Waals surface area contributed by atoms with Crippen LogP contribution in [-0.4, -0.2) is 53.1 Å². The molecule has 1 amide bonds. The van der Waals surface area contributed by atoms with Crippen LogP contribution in [0.3, 0.4) is 0 Å². The van der Waals surface area contributed by atoms with Gasteiger partial charge in [-0.2, -0.15) is 11.8 Å². The minimum Gasteiger partial charge on any atom is -0.481 e. The van der Waals surface area contributed by atoms with E-state index in [-0.39, 0.29) is 5.41 Å². The zero-order valence-electron chi connectivity index (χ0n) is 14.7. The van der Waals surface area contributed by atoms with Crippen molar-refractivity contribution in [1.29, 1.82) is 0 Å². The first-order chi connectivity index (χ1) is 11.1. The first-order valence-corrected chi connectivity index (χ1v) is 9.08. The molecule has 1 saturated carbocycles. The molecule has 0 bridgehead atoms. The topological polar surface area (TPSA) is 119 Å². The summed E-state index contributed by atoms with van der Waals surface area (Å²) in [4.78, 5) is 34.6. The Morgan fingerprint density at radius 1 is 1.33 bits per heavy atom. The van der Waals surface area contributed by atoms with Crippen LogP contribution in [0.15, 0.2) is 0 Å². The lowest BCUT2D eigenvalue weighted by atomic mass is 9.89. The number of nitrogens with one attached hydrogen (secondary N) is 1. The average Bonchev–Trinajstić information content (AvgIpc) is 3.27. The molecular formula is C16H28N2O5S. The number of carboxylic acids is 1. The van der Waals surface area contributed by atoms with E-state index in [0.717, 1.165) is 0 Å². The zero-order valence-corrected chi connectivity index (χ0v) is 15.5. The van der Waals surface area contributed by atoms with Crippen molar-refractivity contribution in [3.8, 4) is 0 Å². The lowest BCUT2D eigenvalue weighted by molar-refractivity contribution is -0.144. The number of amides is 1. The summed E-state index contributed by atoms with van der Waals surface area (Å²) in [5.74, 6) is -1.37. The van der Waals surface area contributed by atoms with Crippen LogP contribution in [-0.2, 0) is 19.1 Å². The molecule has 0 aromatic heterocycles. The van der Waals surface area contributed by atoms with E-state index < -0.39 is 36.4 Å². The van der Waals surface area contributed by atoms with Gasteiger partial charge in [-0.3, -0.25) is 9.59 Å². The molecule has 0 radical (unpaired) electrons. The standard InChI is InChI=1S/C16H28N2O5S/c1-16(2,3)13(9-5-6-9)24-8-11(15(22)23-4)18-14(21)10(17)7-12(19)20/h9-11,13H,5-8,17H2,1-4H3,(H,18,21)(H,19,20)/t10-,11-,13?/m0/s1. The Morgan fingerprint density at radius 2 is 1.92 bits per heavy atom. The monoisotopic (exact) mass is 360 g/mol. The molecule has 1 unspecified atom stereocenters. The number of carbonyl (C=O) groups excluding carboxylic acids is 2. The van der Waals surface area contributed by atoms with Crippen LogP contribution >= 0.6 is 11.8 Å². The van der Waals surface area contributed by atoms with Crippen LogP contribution in [0.2, 0.25) is 0 Å². The minimum atomic E-state index is -1.19. The van der Waals surface area contributed by atoms with Gasteiger partial charge in [-0.15, -0.1) is 0 Å². The number of nitrogens with two attached hydrogens (primary N) is 1. The summed E-state index contributed by atoms with van der Waals surface area (Å²) in [6, 6.07) is -2.03. The van der Waals surface area contributed by atoms with E-state index in [1.165, 1.54) is 20.0 Å². The Hall–Kier alpha value is -1.28. The molecule has 4 N–H and O–H groups in total. The van der Waals surface area contributed by atoms with E-state index in [1.54, 1.807) is 11.8 Å². The van der Waals surface area contributed by atoms with Gasteiger partial charge in [0.2, 0.25) is 5.91 Å². The number of rotatable bonds is 9. The van der Waals surface area contributed by atoms with Gasteiger partial charge in [-0.05, 0) is 24.2 Å². The highest BCUT2D eigenvalue weighted by atomic mass is 32.2. The first-order valence-electron chi connectivity index (χ1n) is 8.03. The molecule has 1 rings (SSSR count). The highest BCUT2D eigenvalue weighted by molar-refractivity contribution is 8.00. The summed E-state index contributed by atoms with van der Waals surface area (Å²) < 4.78 is 4.74. The lowest BCUT2D eigenvalue weighted by Gasteiger charge is -2.31. The predicted molar refractivity (Wildman–Crippen MR) is 92.6 cm³/mol. The fourth-order valence-electron chi connectivity index (χ4n) is 2.56. The maximum atomic E-state index is 12.0. The molecule has 1 aliphatic carbocycles. The fourth-order valence-corrected chi connectivity index (χ4v) is 4.23. The summed E-state index contributed by atoms with van der Waals surface area (Å²) in [7, 11) is 1.26. The van der Waals surface area contributed by atoms with E-state index in [9.17, 15) is 14.4 Å². The van der Waals surface area contributed by atoms with E-state index >= 15 is 0 Å². The van der Waals surface area contributed by atoms with E-state index in [2.05, 4.69) is 26.1 Å². The third-order valence-corrected chi connectivity index (χ3v) is 5.86.